The van der Waals surface area contributed by atoms with Crippen molar-refractivity contribution in [2.24, 2.45) is 17.3 Å². The molecule has 28 heavy (non-hydrogen) atoms. The van der Waals surface area contributed by atoms with E-state index in [1.165, 1.54) is 0 Å². The van der Waals surface area contributed by atoms with Gasteiger partial charge in [-0.3, -0.25) is 4.79 Å². The van der Waals surface area contributed by atoms with Crippen LogP contribution in [0.4, 0.5) is 0 Å². The average molecular weight is 403 g/mol. The Bertz CT molecular complexity index is 820. The monoisotopic (exact) mass is 402 g/mol. The number of esters is 1. The fourth-order valence-corrected chi connectivity index (χ4v) is 7.24. The lowest BCUT2D eigenvalue weighted by atomic mass is 9.51. The zero-order valence-corrected chi connectivity index (χ0v) is 18.4. The lowest BCUT2D eigenvalue weighted by Gasteiger charge is -2.60. The first-order valence-corrected chi connectivity index (χ1v) is 13.7. The van der Waals surface area contributed by atoms with Crippen LogP contribution < -0.4 is 0 Å². The molecule has 2 heterocycles. The molecular weight excluding hydrogens is 372 g/mol. The summed E-state index contributed by atoms with van der Waals surface area (Å²) in [5.41, 5.74) is 0.976. The van der Waals surface area contributed by atoms with Crippen LogP contribution in [0.15, 0.2) is 34.7 Å². The van der Waals surface area contributed by atoms with E-state index >= 15 is 0 Å². The molecule has 1 aliphatic heterocycles. The number of hydrogen-bond acceptors (Lipinski definition) is 5. The molecule has 152 valence electrons. The summed E-state index contributed by atoms with van der Waals surface area (Å²) in [5, 5.41) is 0. The number of cyclic esters (lactones) is 1. The van der Waals surface area contributed by atoms with Crippen LogP contribution in [0.3, 0.4) is 0 Å². The minimum absolute atomic E-state index is 0.0547. The molecule has 5 atom stereocenters. The van der Waals surface area contributed by atoms with E-state index < -0.39 is 20.0 Å². The minimum atomic E-state index is -1.96. The Morgan fingerprint density at radius 1 is 1.21 bits per heavy atom. The van der Waals surface area contributed by atoms with Crippen molar-refractivity contribution < 1.29 is 23.2 Å². The van der Waals surface area contributed by atoms with Crippen LogP contribution in [-0.4, -0.2) is 25.7 Å². The molecule has 0 unspecified atom stereocenters. The standard InChI is InChI=1S/C22H30O5Si/c1-14-16-6-9-21(2)18(12-19(24)26-20(21)15-8-11-25-13-15)22(16,10-7-17(14)23)27-28(3,4)5/h8,11-14,16,20H,6-7,9-10H2,1-5H3/t14-,16-,20+,21-,22-/m0/s1. The Morgan fingerprint density at radius 2 is 1.96 bits per heavy atom. The minimum Gasteiger partial charge on any atom is -0.472 e. The Hall–Kier alpha value is -1.66. The fraction of sp³-hybridized carbons (Fsp3) is 0.636. The van der Waals surface area contributed by atoms with Gasteiger partial charge in [-0.25, -0.2) is 4.79 Å². The maximum atomic E-state index is 12.7. The maximum Gasteiger partial charge on any atom is 0.331 e. The van der Waals surface area contributed by atoms with E-state index in [2.05, 4.69) is 26.6 Å². The number of hydrogen-bond donors (Lipinski definition) is 0. The number of carbonyl (C=O) groups excluding carboxylic acids is 2. The van der Waals surface area contributed by atoms with E-state index in [4.69, 9.17) is 13.6 Å². The van der Waals surface area contributed by atoms with E-state index in [9.17, 15) is 9.59 Å². The summed E-state index contributed by atoms with van der Waals surface area (Å²) < 4.78 is 18.0. The van der Waals surface area contributed by atoms with Crippen LogP contribution in [0.1, 0.15) is 51.2 Å². The van der Waals surface area contributed by atoms with E-state index in [0.717, 1.165) is 24.0 Å². The molecular formula is C22H30O5Si. The highest BCUT2D eigenvalue weighted by Gasteiger charge is 2.62. The van der Waals surface area contributed by atoms with Crippen molar-refractivity contribution in [3.05, 3.63) is 35.8 Å². The Labute approximate surface area is 167 Å². The average Bonchev–Trinajstić information content (AvgIpc) is 3.12. The Morgan fingerprint density at radius 3 is 2.61 bits per heavy atom. The smallest absolute Gasteiger partial charge is 0.331 e. The molecule has 1 aromatic heterocycles. The first-order valence-electron chi connectivity index (χ1n) is 10.3. The first-order chi connectivity index (χ1) is 13.1. The van der Waals surface area contributed by atoms with Crippen molar-refractivity contribution in [2.75, 3.05) is 0 Å². The molecule has 0 bridgehead atoms. The fourth-order valence-electron chi connectivity index (χ4n) is 5.79. The quantitative estimate of drug-likeness (QED) is 0.536. The van der Waals surface area contributed by atoms with Crippen molar-refractivity contribution in [2.45, 2.75) is 70.9 Å². The van der Waals surface area contributed by atoms with Crippen LogP contribution in [-0.2, 0) is 18.8 Å². The number of furan rings is 1. The van der Waals surface area contributed by atoms with Crippen LogP contribution in [0.2, 0.25) is 19.6 Å². The molecule has 6 heteroatoms. The molecule has 0 radical (unpaired) electrons. The Balaban J connectivity index is 1.87. The molecule has 4 rings (SSSR count). The van der Waals surface area contributed by atoms with Gasteiger partial charge in [-0.1, -0.05) is 13.8 Å². The van der Waals surface area contributed by atoms with E-state index in [-0.39, 0.29) is 23.2 Å². The van der Waals surface area contributed by atoms with E-state index in [0.29, 0.717) is 18.6 Å². The summed E-state index contributed by atoms with van der Waals surface area (Å²) in [6, 6.07) is 1.87. The third-order valence-corrected chi connectivity index (χ3v) is 7.88. The van der Waals surface area contributed by atoms with E-state index in [1.807, 2.05) is 13.0 Å². The number of Topliss-reactive ketones (excluding diaryl/α,β-unsaturated/α-hetero) is 1. The van der Waals surface area contributed by atoms with Crippen LogP contribution in [0.5, 0.6) is 0 Å². The summed E-state index contributed by atoms with van der Waals surface area (Å²) in [6.45, 7) is 10.8. The molecule has 2 aliphatic carbocycles. The second kappa shape index (κ2) is 6.42. The summed E-state index contributed by atoms with van der Waals surface area (Å²) in [5.74, 6) is 0.0350. The van der Waals surface area contributed by atoms with Gasteiger partial charge < -0.3 is 13.6 Å². The molecule has 1 aromatic rings. The molecule has 5 nitrogen and oxygen atoms in total. The van der Waals surface area contributed by atoms with Gasteiger partial charge in [-0.05, 0) is 50.5 Å². The van der Waals surface area contributed by atoms with Gasteiger partial charge in [-0.15, -0.1) is 0 Å². The van der Waals surface area contributed by atoms with Gasteiger partial charge in [0, 0.05) is 35.3 Å². The summed E-state index contributed by atoms with van der Waals surface area (Å²) in [7, 11) is -1.96. The number of carbonyl (C=O) groups is 2. The van der Waals surface area contributed by atoms with Gasteiger partial charge in [0.25, 0.3) is 0 Å². The molecule has 0 saturated heterocycles. The predicted molar refractivity (Wildman–Crippen MR) is 107 cm³/mol. The van der Waals surface area contributed by atoms with Crippen molar-refractivity contribution in [1.29, 1.82) is 0 Å². The van der Waals surface area contributed by atoms with Crippen LogP contribution >= 0.6 is 0 Å². The molecule has 0 aromatic carbocycles. The lowest BCUT2D eigenvalue weighted by molar-refractivity contribution is -0.163. The SMILES string of the molecule is C[C@@H]1C(=O)CC[C@@]2(O[Si](C)(C)C)C3=CC(=O)O[C@H](c4ccoc4)[C@@]3(C)CC[C@@H]12. The zero-order valence-electron chi connectivity index (χ0n) is 17.4. The normalized spacial score (nSPS) is 38.3. The van der Waals surface area contributed by atoms with E-state index in [1.54, 1.807) is 18.6 Å². The summed E-state index contributed by atoms with van der Waals surface area (Å²) in [4.78, 5) is 25.2. The molecule has 0 N–H and O–H groups in total. The molecule has 0 amide bonds. The molecule has 2 saturated carbocycles. The van der Waals surface area contributed by atoms with Gasteiger partial charge in [-0.2, -0.15) is 0 Å². The second-order valence-corrected chi connectivity index (χ2v) is 14.3. The second-order valence-electron chi connectivity index (χ2n) is 9.85. The van der Waals surface area contributed by atoms with Gasteiger partial charge in [0.2, 0.25) is 0 Å². The maximum absolute atomic E-state index is 12.7. The van der Waals surface area contributed by atoms with Crippen molar-refractivity contribution in [3.63, 3.8) is 0 Å². The highest BCUT2D eigenvalue weighted by atomic mass is 28.4. The van der Waals surface area contributed by atoms with Crippen molar-refractivity contribution >= 4 is 20.1 Å². The molecule has 3 aliphatic rings. The highest BCUT2D eigenvalue weighted by molar-refractivity contribution is 6.69. The summed E-state index contributed by atoms with van der Waals surface area (Å²) in [6.07, 6.45) is 7.45. The van der Waals surface area contributed by atoms with Crippen molar-refractivity contribution in [3.8, 4) is 0 Å². The largest absolute Gasteiger partial charge is 0.472 e. The highest BCUT2D eigenvalue weighted by Crippen LogP contribution is 2.63. The van der Waals surface area contributed by atoms with Crippen LogP contribution in [0, 0.1) is 17.3 Å². The molecule has 2 fully saturated rings. The third-order valence-electron chi connectivity index (χ3n) is 6.91. The van der Waals surface area contributed by atoms with Crippen molar-refractivity contribution in [1.82, 2.24) is 0 Å². The van der Waals surface area contributed by atoms with Gasteiger partial charge in [0.05, 0.1) is 18.1 Å². The summed E-state index contributed by atoms with van der Waals surface area (Å²) >= 11 is 0. The van der Waals surface area contributed by atoms with Gasteiger partial charge >= 0.3 is 5.97 Å². The zero-order chi connectivity index (χ0) is 20.3. The topological polar surface area (TPSA) is 65.7 Å². The van der Waals surface area contributed by atoms with Gasteiger partial charge in [0.1, 0.15) is 11.9 Å². The number of rotatable bonds is 3. The Kier molecular flexibility index (Phi) is 4.51. The van der Waals surface area contributed by atoms with Crippen LogP contribution in [0.25, 0.3) is 0 Å². The predicted octanol–water partition coefficient (Wildman–Crippen LogP) is 4.81. The number of ether oxygens (including phenoxy) is 1. The lowest BCUT2D eigenvalue weighted by Crippen LogP contribution is -2.62. The number of fused-ring (bicyclic) bond motifs is 3. The first kappa shape index (κ1) is 19.6. The third kappa shape index (κ3) is 2.92. The number of ketones is 1. The van der Waals surface area contributed by atoms with Gasteiger partial charge in [0.15, 0.2) is 8.32 Å². The molecule has 0 spiro atoms.